The molecular formula is C18H18FNO4. The van der Waals surface area contributed by atoms with E-state index in [1.54, 1.807) is 30.3 Å². The highest BCUT2D eigenvalue weighted by molar-refractivity contribution is 5.78. The molecule has 2 N–H and O–H groups in total. The van der Waals surface area contributed by atoms with Gasteiger partial charge in [0.1, 0.15) is 19.0 Å². The van der Waals surface area contributed by atoms with Crippen LogP contribution in [-0.2, 0) is 11.2 Å². The van der Waals surface area contributed by atoms with Crippen molar-refractivity contribution in [2.45, 2.75) is 12.5 Å². The van der Waals surface area contributed by atoms with Crippen molar-refractivity contribution in [1.82, 2.24) is 5.32 Å². The first kappa shape index (κ1) is 16.3. The molecule has 1 amide bonds. The van der Waals surface area contributed by atoms with Gasteiger partial charge in [-0.2, -0.15) is 0 Å². The number of amides is 1. The standard InChI is InChI=1S/C18H18FNO4/c19-14-4-1-12(2-5-14)9-18(22)20-11-15(21)13-3-6-16-17(10-13)24-8-7-23-16/h1-6,10,15,21H,7-9,11H2,(H,20,22)/t15-/m0/s1. The number of hydrogen-bond acceptors (Lipinski definition) is 4. The van der Waals surface area contributed by atoms with Crippen LogP contribution in [0.2, 0.25) is 0 Å². The molecule has 0 aliphatic carbocycles. The third kappa shape index (κ3) is 4.02. The molecule has 0 unspecified atom stereocenters. The van der Waals surface area contributed by atoms with E-state index in [1.807, 2.05) is 0 Å². The summed E-state index contributed by atoms with van der Waals surface area (Å²) in [5.74, 6) is 0.666. The first-order valence-electron chi connectivity index (χ1n) is 7.70. The summed E-state index contributed by atoms with van der Waals surface area (Å²) in [7, 11) is 0. The van der Waals surface area contributed by atoms with Crippen LogP contribution >= 0.6 is 0 Å². The monoisotopic (exact) mass is 331 g/mol. The predicted octanol–water partition coefficient (Wildman–Crippen LogP) is 1.99. The lowest BCUT2D eigenvalue weighted by molar-refractivity contribution is -0.120. The van der Waals surface area contributed by atoms with Crippen LogP contribution in [0, 0.1) is 5.82 Å². The lowest BCUT2D eigenvalue weighted by Crippen LogP contribution is -2.29. The first-order valence-corrected chi connectivity index (χ1v) is 7.70. The smallest absolute Gasteiger partial charge is 0.224 e. The van der Waals surface area contributed by atoms with E-state index in [9.17, 15) is 14.3 Å². The minimum atomic E-state index is -0.849. The second kappa shape index (κ2) is 7.31. The normalized spacial score (nSPS) is 14.1. The van der Waals surface area contributed by atoms with E-state index in [0.29, 0.717) is 35.8 Å². The fraction of sp³-hybridized carbons (Fsp3) is 0.278. The molecular weight excluding hydrogens is 313 g/mol. The minimum Gasteiger partial charge on any atom is -0.486 e. The van der Waals surface area contributed by atoms with Gasteiger partial charge in [0.25, 0.3) is 0 Å². The Morgan fingerprint density at radius 3 is 2.58 bits per heavy atom. The topological polar surface area (TPSA) is 67.8 Å². The molecule has 5 nitrogen and oxygen atoms in total. The van der Waals surface area contributed by atoms with Crippen molar-refractivity contribution in [1.29, 1.82) is 0 Å². The highest BCUT2D eigenvalue weighted by atomic mass is 19.1. The average molecular weight is 331 g/mol. The van der Waals surface area contributed by atoms with E-state index >= 15 is 0 Å². The second-order valence-electron chi connectivity index (χ2n) is 5.53. The predicted molar refractivity (Wildman–Crippen MR) is 85.5 cm³/mol. The Morgan fingerprint density at radius 2 is 1.83 bits per heavy atom. The van der Waals surface area contributed by atoms with Crippen LogP contribution in [-0.4, -0.2) is 30.8 Å². The van der Waals surface area contributed by atoms with Crippen molar-refractivity contribution in [2.24, 2.45) is 0 Å². The Morgan fingerprint density at radius 1 is 1.12 bits per heavy atom. The van der Waals surface area contributed by atoms with Gasteiger partial charge in [0, 0.05) is 6.54 Å². The molecule has 0 radical (unpaired) electrons. The van der Waals surface area contributed by atoms with Gasteiger partial charge in [-0.15, -0.1) is 0 Å². The Hall–Kier alpha value is -2.60. The van der Waals surface area contributed by atoms with Gasteiger partial charge in [-0.05, 0) is 35.4 Å². The molecule has 6 heteroatoms. The summed E-state index contributed by atoms with van der Waals surface area (Å²) in [4.78, 5) is 11.9. The van der Waals surface area contributed by atoms with Crippen LogP contribution in [0.15, 0.2) is 42.5 Å². The van der Waals surface area contributed by atoms with Crippen LogP contribution in [0.5, 0.6) is 11.5 Å². The van der Waals surface area contributed by atoms with E-state index in [0.717, 1.165) is 0 Å². The number of halogens is 1. The van der Waals surface area contributed by atoms with Crippen molar-refractivity contribution in [3.63, 3.8) is 0 Å². The van der Waals surface area contributed by atoms with Gasteiger partial charge >= 0.3 is 0 Å². The Bertz CT molecular complexity index is 717. The molecule has 1 aliphatic heterocycles. The fourth-order valence-corrected chi connectivity index (χ4v) is 2.45. The molecule has 0 spiro atoms. The molecule has 24 heavy (non-hydrogen) atoms. The molecule has 0 aromatic heterocycles. The highest BCUT2D eigenvalue weighted by Gasteiger charge is 2.16. The van der Waals surface area contributed by atoms with Gasteiger partial charge in [0.2, 0.25) is 5.91 Å². The molecule has 0 saturated carbocycles. The molecule has 0 bridgehead atoms. The summed E-state index contributed by atoms with van der Waals surface area (Å²) in [6.07, 6.45) is -0.716. The molecule has 0 saturated heterocycles. The summed E-state index contributed by atoms with van der Waals surface area (Å²) in [6.45, 7) is 1.06. The summed E-state index contributed by atoms with van der Waals surface area (Å²) in [6, 6.07) is 10.9. The summed E-state index contributed by atoms with van der Waals surface area (Å²) in [5.41, 5.74) is 1.35. The number of carbonyl (C=O) groups is 1. The number of hydrogen-bond donors (Lipinski definition) is 2. The molecule has 3 rings (SSSR count). The lowest BCUT2D eigenvalue weighted by Gasteiger charge is -2.20. The summed E-state index contributed by atoms with van der Waals surface area (Å²) < 4.78 is 23.7. The van der Waals surface area contributed by atoms with Gasteiger partial charge in [-0.1, -0.05) is 18.2 Å². The van der Waals surface area contributed by atoms with Crippen molar-refractivity contribution in [3.8, 4) is 11.5 Å². The quantitative estimate of drug-likeness (QED) is 0.879. The Labute approximate surface area is 139 Å². The van der Waals surface area contributed by atoms with Crippen LogP contribution in [0.3, 0.4) is 0 Å². The van der Waals surface area contributed by atoms with E-state index in [1.165, 1.54) is 12.1 Å². The molecule has 1 aliphatic rings. The van der Waals surface area contributed by atoms with Crippen LogP contribution in [0.25, 0.3) is 0 Å². The lowest BCUT2D eigenvalue weighted by atomic mass is 10.1. The van der Waals surface area contributed by atoms with Crippen molar-refractivity contribution < 1.29 is 23.8 Å². The highest BCUT2D eigenvalue weighted by Crippen LogP contribution is 2.32. The van der Waals surface area contributed by atoms with Crippen molar-refractivity contribution in [2.75, 3.05) is 19.8 Å². The number of nitrogens with one attached hydrogen (secondary N) is 1. The van der Waals surface area contributed by atoms with Crippen molar-refractivity contribution in [3.05, 3.63) is 59.4 Å². The zero-order chi connectivity index (χ0) is 16.9. The molecule has 1 atom stereocenters. The van der Waals surface area contributed by atoms with Gasteiger partial charge < -0.3 is 19.9 Å². The average Bonchev–Trinajstić information content (AvgIpc) is 2.61. The van der Waals surface area contributed by atoms with Crippen LogP contribution < -0.4 is 14.8 Å². The van der Waals surface area contributed by atoms with E-state index in [-0.39, 0.29) is 24.7 Å². The number of aliphatic hydroxyl groups excluding tert-OH is 1. The Kier molecular flexibility index (Phi) is 4.96. The minimum absolute atomic E-state index is 0.0830. The third-order valence-corrected chi connectivity index (χ3v) is 3.72. The summed E-state index contributed by atoms with van der Waals surface area (Å²) >= 11 is 0. The SMILES string of the molecule is O=C(Cc1ccc(F)cc1)NC[C@H](O)c1ccc2c(c1)OCCO2. The van der Waals surface area contributed by atoms with Gasteiger partial charge in [-0.25, -0.2) is 4.39 Å². The zero-order valence-electron chi connectivity index (χ0n) is 13.0. The first-order chi connectivity index (χ1) is 11.6. The molecule has 126 valence electrons. The van der Waals surface area contributed by atoms with E-state index in [2.05, 4.69) is 5.32 Å². The van der Waals surface area contributed by atoms with E-state index in [4.69, 9.17) is 9.47 Å². The third-order valence-electron chi connectivity index (χ3n) is 3.72. The number of carbonyl (C=O) groups excluding carboxylic acids is 1. The number of ether oxygens (including phenoxy) is 2. The van der Waals surface area contributed by atoms with Gasteiger partial charge in [0.15, 0.2) is 11.5 Å². The fourth-order valence-electron chi connectivity index (χ4n) is 2.45. The maximum Gasteiger partial charge on any atom is 0.224 e. The molecule has 1 heterocycles. The molecule has 2 aromatic carbocycles. The maximum absolute atomic E-state index is 12.8. The number of fused-ring (bicyclic) bond motifs is 1. The molecule has 2 aromatic rings. The largest absolute Gasteiger partial charge is 0.486 e. The second-order valence-corrected chi connectivity index (χ2v) is 5.53. The Balaban J connectivity index is 1.54. The van der Waals surface area contributed by atoms with Gasteiger partial charge in [-0.3, -0.25) is 4.79 Å². The van der Waals surface area contributed by atoms with E-state index < -0.39 is 6.10 Å². The van der Waals surface area contributed by atoms with Crippen LogP contribution in [0.4, 0.5) is 4.39 Å². The summed E-state index contributed by atoms with van der Waals surface area (Å²) in [5, 5.41) is 12.9. The number of aliphatic hydroxyl groups is 1. The number of benzene rings is 2. The molecule has 0 fully saturated rings. The van der Waals surface area contributed by atoms with Gasteiger partial charge in [0.05, 0.1) is 12.5 Å². The zero-order valence-corrected chi connectivity index (χ0v) is 13.0. The van der Waals surface area contributed by atoms with Crippen molar-refractivity contribution >= 4 is 5.91 Å². The number of rotatable bonds is 5. The van der Waals surface area contributed by atoms with Crippen LogP contribution in [0.1, 0.15) is 17.2 Å². The maximum atomic E-state index is 12.8.